The second-order valence-electron chi connectivity index (χ2n) is 6.01. The number of carbonyl (C=O) groups excluding carboxylic acids is 3. The zero-order valence-electron chi connectivity index (χ0n) is 13.1. The third-order valence-electron chi connectivity index (χ3n) is 4.30. The van der Waals surface area contributed by atoms with Gasteiger partial charge in [-0.3, -0.25) is 14.4 Å². The Morgan fingerprint density at radius 1 is 1.17 bits per heavy atom. The van der Waals surface area contributed by atoms with E-state index in [4.69, 9.17) is 4.74 Å². The SMILES string of the molecule is CC(=O)c1cccc(NC(=O)C2CC2C(=O)N2CCOCC2)c1. The Bertz CT molecular complexity index is 637. The predicted molar refractivity (Wildman–Crippen MR) is 84.1 cm³/mol. The van der Waals surface area contributed by atoms with Crippen molar-refractivity contribution in [2.75, 3.05) is 31.6 Å². The molecule has 1 aromatic carbocycles. The van der Waals surface area contributed by atoms with Gasteiger partial charge in [0.05, 0.1) is 25.0 Å². The van der Waals surface area contributed by atoms with Crippen molar-refractivity contribution in [2.45, 2.75) is 13.3 Å². The van der Waals surface area contributed by atoms with Crippen LogP contribution in [-0.2, 0) is 14.3 Å². The summed E-state index contributed by atoms with van der Waals surface area (Å²) in [5.41, 5.74) is 1.15. The Hall–Kier alpha value is -2.21. The van der Waals surface area contributed by atoms with E-state index < -0.39 is 0 Å². The molecule has 2 unspecified atom stereocenters. The summed E-state index contributed by atoms with van der Waals surface area (Å²) in [6, 6.07) is 6.84. The van der Waals surface area contributed by atoms with Crippen molar-refractivity contribution < 1.29 is 19.1 Å². The minimum atomic E-state index is -0.272. The molecule has 6 nitrogen and oxygen atoms in total. The van der Waals surface area contributed by atoms with E-state index in [1.807, 2.05) is 0 Å². The number of carbonyl (C=O) groups is 3. The van der Waals surface area contributed by atoms with Crippen LogP contribution in [0.3, 0.4) is 0 Å². The zero-order valence-corrected chi connectivity index (χ0v) is 13.1. The monoisotopic (exact) mass is 316 g/mol. The van der Waals surface area contributed by atoms with E-state index in [0.717, 1.165) is 0 Å². The van der Waals surface area contributed by atoms with Gasteiger partial charge in [-0.15, -0.1) is 0 Å². The predicted octanol–water partition coefficient (Wildman–Crippen LogP) is 1.32. The van der Waals surface area contributed by atoms with Crippen LogP contribution in [0.25, 0.3) is 0 Å². The highest BCUT2D eigenvalue weighted by atomic mass is 16.5. The van der Waals surface area contributed by atoms with E-state index in [0.29, 0.717) is 44.0 Å². The highest BCUT2D eigenvalue weighted by Gasteiger charge is 2.49. The van der Waals surface area contributed by atoms with E-state index in [9.17, 15) is 14.4 Å². The number of nitrogens with one attached hydrogen (secondary N) is 1. The first-order chi connectivity index (χ1) is 11.1. The van der Waals surface area contributed by atoms with Crippen molar-refractivity contribution in [1.29, 1.82) is 0 Å². The van der Waals surface area contributed by atoms with Crippen LogP contribution in [0, 0.1) is 11.8 Å². The number of hydrogen-bond donors (Lipinski definition) is 1. The number of hydrogen-bond acceptors (Lipinski definition) is 4. The molecule has 1 heterocycles. The van der Waals surface area contributed by atoms with E-state index in [2.05, 4.69) is 5.32 Å². The fraction of sp³-hybridized carbons (Fsp3) is 0.471. The van der Waals surface area contributed by atoms with E-state index in [1.165, 1.54) is 6.92 Å². The van der Waals surface area contributed by atoms with Crippen molar-refractivity contribution >= 4 is 23.3 Å². The summed E-state index contributed by atoms with van der Waals surface area (Å²) < 4.78 is 5.23. The van der Waals surface area contributed by atoms with Gasteiger partial charge in [0.15, 0.2) is 5.78 Å². The van der Waals surface area contributed by atoms with Crippen LogP contribution in [0.2, 0.25) is 0 Å². The number of anilines is 1. The molecule has 0 radical (unpaired) electrons. The standard InChI is InChI=1S/C17H20N2O4/c1-11(20)12-3-2-4-13(9-12)18-16(21)14-10-15(14)17(22)19-5-7-23-8-6-19/h2-4,9,14-15H,5-8,10H2,1H3,(H,18,21). The summed E-state index contributed by atoms with van der Waals surface area (Å²) >= 11 is 0. The van der Waals surface area contributed by atoms with Crippen LogP contribution in [0.5, 0.6) is 0 Å². The molecule has 122 valence electrons. The Morgan fingerprint density at radius 2 is 1.91 bits per heavy atom. The number of benzene rings is 1. The molecule has 1 saturated carbocycles. The summed E-state index contributed by atoms with van der Waals surface area (Å²) in [6.07, 6.45) is 0.592. The van der Waals surface area contributed by atoms with Crippen molar-refractivity contribution in [3.63, 3.8) is 0 Å². The van der Waals surface area contributed by atoms with Crippen molar-refractivity contribution in [3.05, 3.63) is 29.8 Å². The van der Waals surface area contributed by atoms with E-state index in [1.54, 1.807) is 29.2 Å². The average Bonchev–Trinajstić information content (AvgIpc) is 3.36. The Balaban J connectivity index is 1.57. The van der Waals surface area contributed by atoms with Crippen molar-refractivity contribution in [2.24, 2.45) is 11.8 Å². The summed E-state index contributed by atoms with van der Waals surface area (Å²) in [6.45, 7) is 3.81. The molecule has 0 bridgehead atoms. The van der Waals surface area contributed by atoms with Gasteiger partial charge in [0.1, 0.15) is 0 Å². The number of nitrogens with zero attached hydrogens (tertiary/aromatic N) is 1. The van der Waals surface area contributed by atoms with Gasteiger partial charge in [-0.2, -0.15) is 0 Å². The van der Waals surface area contributed by atoms with E-state index in [-0.39, 0.29) is 29.4 Å². The lowest BCUT2D eigenvalue weighted by atomic mass is 10.1. The molecular formula is C17H20N2O4. The number of ether oxygens (including phenoxy) is 1. The molecular weight excluding hydrogens is 296 g/mol. The molecule has 0 spiro atoms. The van der Waals surface area contributed by atoms with Gasteiger partial charge >= 0.3 is 0 Å². The van der Waals surface area contributed by atoms with E-state index >= 15 is 0 Å². The molecule has 1 aliphatic carbocycles. The number of Topliss-reactive ketones (excluding diaryl/α,β-unsaturated/α-hetero) is 1. The van der Waals surface area contributed by atoms with Gasteiger partial charge in [-0.25, -0.2) is 0 Å². The average molecular weight is 316 g/mol. The highest BCUT2D eigenvalue weighted by Crippen LogP contribution is 2.41. The van der Waals surface area contributed by atoms with Gasteiger partial charge in [-0.05, 0) is 25.5 Å². The lowest BCUT2D eigenvalue weighted by molar-refractivity contribution is -0.137. The molecule has 2 amide bonds. The van der Waals surface area contributed by atoms with Crippen LogP contribution in [0.15, 0.2) is 24.3 Å². The molecule has 1 N–H and O–H groups in total. The Kier molecular flexibility index (Phi) is 4.43. The number of amides is 2. The first-order valence-corrected chi connectivity index (χ1v) is 7.84. The quantitative estimate of drug-likeness (QED) is 0.850. The van der Waals surface area contributed by atoms with Gasteiger partial charge in [0.2, 0.25) is 11.8 Å². The lowest BCUT2D eigenvalue weighted by Crippen LogP contribution is -2.42. The van der Waals surface area contributed by atoms with Crippen LogP contribution in [0.1, 0.15) is 23.7 Å². The normalized spacial score (nSPS) is 23.3. The van der Waals surface area contributed by atoms with Gasteiger partial charge < -0.3 is 15.0 Å². The molecule has 6 heteroatoms. The fourth-order valence-corrected chi connectivity index (χ4v) is 2.83. The number of rotatable bonds is 4. The maximum Gasteiger partial charge on any atom is 0.228 e. The number of ketones is 1. The second-order valence-corrected chi connectivity index (χ2v) is 6.01. The molecule has 2 aliphatic rings. The van der Waals surface area contributed by atoms with Gasteiger partial charge in [0, 0.05) is 24.3 Å². The summed E-state index contributed by atoms with van der Waals surface area (Å²) in [5.74, 6) is -0.647. The molecule has 1 aromatic rings. The van der Waals surface area contributed by atoms with Crippen LogP contribution >= 0.6 is 0 Å². The minimum absolute atomic E-state index is 0.0472. The molecule has 23 heavy (non-hydrogen) atoms. The molecule has 0 aromatic heterocycles. The van der Waals surface area contributed by atoms with Gasteiger partial charge in [-0.1, -0.05) is 12.1 Å². The van der Waals surface area contributed by atoms with Crippen LogP contribution in [0.4, 0.5) is 5.69 Å². The Labute approximate surface area is 134 Å². The number of morpholine rings is 1. The van der Waals surface area contributed by atoms with Crippen molar-refractivity contribution in [1.82, 2.24) is 4.90 Å². The van der Waals surface area contributed by atoms with Gasteiger partial charge in [0.25, 0.3) is 0 Å². The molecule has 3 rings (SSSR count). The Morgan fingerprint density at radius 3 is 2.61 bits per heavy atom. The maximum absolute atomic E-state index is 12.3. The van der Waals surface area contributed by atoms with Crippen LogP contribution < -0.4 is 5.32 Å². The summed E-state index contributed by atoms with van der Waals surface area (Å²) in [4.78, 5) is 37.7. The van der Waals surface area contributed by atoms with Crippen molar-refractivity contribution in [3.8, 4) is 0 Å². The second kappa shape index (κ2) is 6.50. The summed E-state index contributed by atoms with van der Waals surface area (Å²) in [7, 11) is 0. The minimum Gasteiger partial charge on any atom is -0.378 e. The molecule has 1 saturated heterocycles. The third kappa shape index (κ3) is 3.59. The first-order valence-electron chi connectivity index (χ1n) is 7.84. The third-order valence-corrected chi connectivity index (χ3v) is 4.30. The molecule has 2 fully saturated rings. The first kappa shape index (κ1) is 15.7. The molecule has 2 atom stereocenters. The maximum atomic E-state index is 12.3. The highest BCUT2D eigenvalue weighted by molar-refractivity contribution is 6.01. The van der Waals surface area contributed by atoms with Crippen LogP contribution in [-0.4, -0.2) is 48.8 Å². The topological polar surface area (TPSA) is 75.7 Å². The summed E-state index contributed by atoms with van der Waals surface area (Å²) in [5, 5.41) is 2.80. The largest absolute Gasteiger partial charge is 0.378 e. The molecule has 1 aliphatic heterocycles. The fourth-order valence-electron chi connectivity index (χ4n) is 2.83. The smallest absolute Gasteiger partial charge is 0.228 e. The zero-order chi connectivity index (χ0) is 16.4. The lowest BCUT2D eigenvalue weighted by Gasteiger charge is -2.27.